The van der Waals surface area contributed by atoms with Gasteiger partial charge in [0, 0.05) is 23.4 Å². The second-order valence-electron chi connectivity index (χ2n) is 9.00. The maximum atomic E-state index is 5.21. The van der Waals surface area contributed by atoms with E-state index in [9.17, 15) is 0 Å². The van der Waals surface area contributed by atoms with Crippen LogP contribution in [-0.2, 0) is 0 Å². The number of hydrogen-bond acceptors (Lipinski definition) is 1. The lowest BCUT2D eigenvalue weighted by Gasteiger charge is -2.28. The normalized spacial score (nSPS) is 19.3. The minimum atomic E-state index is 0.681. The summed E-state index contributed by atoms with van der Waals surface area (Å²) in [6.45, 7) is 0. The Bertz CT molecular complexity index is 948. The molecule has 2 aromatic carbocycles. The molecule has 2 aliphatic carbocycles. The van der Waals surface area contributed by atoms with Crippen LogP contribution < -0.4 is 0 Å². The summed E-state index contributed by atoms with van der Waals surface area (Å²) in [5.41, 5.74) is 6.66. The van der Waals surface area contributed by atoms with Crippen molar-refractivity contribution in [3.05, 3.63) is 65.4 Å². The molecule has 29 heavy (non-hydrogen) atoms. The third-order valence-electron chi connectivity index (χ3n) is 7.14. The number of hydrogen-bond donors (Lipinski definition) is 1. The number of H-pyrrole nitrogens is 1. The van der Waals surface area contributed by atoms with Crippen molar-refractivity contribution >= 4 is 22.8 Å². The molecule has 2 aliphatic rings. The number of aliphatic imine (C=N–C) groups is 1. The van der Waals surface area contributed by atoms with Crippen LogP contribution in [0, 0.1) is 0 Å². The number of fused-ring (bicyclic) bond motifs is 1. The molecular formula is C27H32N2. The molecule has 2 heteroatoms. The Hall–Kier alpha value is -2.35. The minimum Gasteiger partial charge on any atom is -0.361 e. The average molecular weight is 385 g/mol. The highest BCUT2D eigenvalue weighted by Crippen LogP contribution is 2.44. The smallest absolute Gasteiger partial charge is 0.0699 e. The number of para-hydroxylation sites is 2. The van der Waals surface area contributed by atoms with Gasteiger partial charge in [0.1, 0.15) is 0 Å². The summed E-state index contributed by atoms with van der Waals surface area (Å²) in [5.74, 6) is 1.36. The molecule has 0 atom stereocenters. The summed E-state index contributed by atoms with van der Waals surface area (Å²) in [7, 11) is 0. The van der Waals surface area contributed by atoms with Crippen LogP contribution >= 0.6 is 0 Å². The number of benzene rings is 2. The quantitative estimate of drug-likeness (QED) is 0.441. The Morgan fingerprint density at radius 3 is 2.00 bits per heavy atom. The van der Waals surface area contributed by atoms with Crippen molar-refractivity contribution in [3.8, 4) is 0 Å². The fourth-order valence-corrected chi connectivity index (χ4v) is 5.57. The van der Waals surface area contributed by atoms with Gasteiger partial charge in [0.2, 0.25) is 0 Å². The van der Waals surface area contributed by atoms with E-state index in [0.29, 0.717) is 11.8 Å². The first-order chi connectivity index (χ1) is 14.4. The van der Waals surface area contributed by atoms with Crippen molar-refractivity contribution in [2.45, 2.75) is 76.0 Å². The number of rotatable bonds is 4. The Kier molecular flexibility index (Phi) is 5.51. The number of aromatic nitrogens is 1. The summed E-state index contributed by atoms with van der Waals surface area (Å²) in [4.78, 5) is 8.60. The summed E-state index contributed by atoms with van der Waals surface area (Å²) >= 11 is 0. The highest BCUT2D eigenvalue weighted by molar-refractivity contribution is 5.98. The highest BCUT2D eigenvalue weighted by Gasteiger charge is 2.24. The van der Waals surface area contributed by atoms with Crippen LogP contribution in [-0.4, -0.2) is 11.2 Å². The van der Waals surface area contributed by atoms with E-state index in [0.717, 1.165) is 0 Å². The Morgan fingerprint density at radius 2 is 1.34 bits per heavy atom. The predicted molar refractivity (Wildman–Crippen MR) is 124 cm³/mol. The zero-order valence-corrected chi connectivity index (χ0v) is 17.4. The number of nitrogens with zero attached hydrogens (tertiary/aromatic N) is 1. The molecule has 0 bridgehead atoms. The van der Waals surface area contributed by atoms with Crippen molar-refractivity contribution in [2.75, 3.05) is 0 Å². The first-order valence-corrected chi connectivity index (χ1v) is 11.6. The highest BCUT2D eigenvalue weighted by atomic mass is 14.7. The second-order valence-corrected chi connectivity index (χ2v) is 9.00. The predicted octanol–water partition coefficient (Wildman–Crippen LogP) is 8.01. The molecule has 0 spiro atoms. The SMILES string of the molecule is C(=Nc1c(C2CCCCC2)cccc1C1CCCCC1)c1cccc2cc[nH]c12. The molecule has 3 aromatic rings. The molecular weight excluding hydrogens is 352 g/mol. The van der Waals surface area contributed by atoms with Crippen LogP contribution in [0.25, 0.3) is 10.9 Å². The van der Waals surface area contributed by atoms with Gasteiger partial charge < -0.3 is 4.98 Å². The largest absolute Gasteiger partial charge is 0.361 e. The zero-order valence-electron chi connectivity index (χ0n) is 17.4. The third-order valence-corrected chi connectivity index (χ3v) is 7.14. The fraction of sp³-hybridized carbons (Fsp3) is 0.444. The lowest BCUT2D eigenvalue weighted by Crippen LogP contribution is -2.09. The molecule has 0 aliphatic heterocycles. The van der Waals surface area contributed by atoms with Gasteiger partial charge in [-0.3, -0.25) is 4.99 Å². The molecule has 2 fully saturated rings. The summed E-state index contributed by atoms with van der Waals surface area (Å²) in [6.07, 6.45) is 17.7. The first kappa shape index (κ1) is 18.7. The van der Waals surface area contributed by atoms with Gasteiger partial charge in [-0.1, -0.05) is 74.9 Å². The van der Waals surface area contributed by atoms with Crippen LogP contribution in [0.1, 0.15) is 92.7 Å². The Labute approximate surface area is 174 Å². The second kappa shape index (κ2) is 8.57. The summed E-state index contributed by atoms with van der Waals surface area (Å²) < 4.78 is 0. The molecule has 5 rings (SSSR count). The molecule has 0 radical (unpaired) electrons. The van der Waals surface area contributed by atoms with Crippen LogP contribution in [0.4, 0.5) is 5.69 Å². The van der Waals surface area contributed by atoms with E-state index in [1.54, 1.807) is 0 Å². The summed E-state index contributed by atoms with van der Waals surface area (Å²) in [6, 6.07) is 15.6. The molecule has 1 N–H and O–H groups in total. The van der Waals surface area contributed by atoms with Gasteiger partial charge in [0.25, 0.3) is 0 Å². The first-order valence-electron chi connectivity index (χ1n) is 11.6. The van der Waals surface area contributed by atoms with Crippen LogP contribution in [0.2, 0.25) is 0 Å². The maximum absolute atomic E-state index is 5.21. The Morgan fingerprint density at radius 1 is 0.724 bits per heavy atom. The molecule has 2 nitrogen and oxygen atoms in total. The van der Waals surface area contributed by atoms with Gasteiger partial charge in [0.05, 0.1) is 11.2 Å². The fourth-order valence-electron chi connectivity index (χ4n) is 5.57. The number of aromatic amines is 1. The standard InChI is InChI=1S/C27H32N2/c1-3-9-20(10-4-1)24-15-8-16-25(21-11-5-2-6-12-21)27(24)29-19-23-14-7-13-22-17-18-28-26(22)23/h7-8,13-21,28H,1-6,9-12H2. The van der Waals surface area contributed by atoms with Crippen LogP contribution in [0.5, 0.6) is 0 Å². The molecule has 0 saturated heterocycles. The zero-order chi connectivity index (χ0) is 19.5. The topological polar surface area (TPSA) is 28.1 Å². The summed E-state index contributed by atoms with van der Waals surface area (Å²) in [5, 5.41) is 1.25. The third kappa shape index (κ3) is 3.90. The van der Waals surface area contributed by atoms with E-state index in [1.807, 2.05) is 6.20 Å². The van der Waals surface area contributed by atoms with Gasteiger partial charge in [-0.25, -0.2) is 0 Å². The van der Waals surface area contributed by atoms with Gasteiger partial charge in [-0.05, 0) is 54.7 Å². The lowest BCUT2D eigenvalue weighted by atomic mass is 9.78. The lowest BCUT2D eigenvalue weighted by molar-refractivity contribution is 0.436. The van der Waals surface area contributed by atoms with Gasteiger partial charge in [-0.15, -0.1) is 0 Å². The molecule has 0 unspecified atom stereocenters. The average Bonchev–Trinajstić information content (AvgIpc) is 3.28. The van der Waals surface area contributed by atoms with Crippen LogP contribution in [0.15, 0.2) is 53.7 Å². The van der Waals surface area contributed by atoms with Crippen molar-refractivity contribution in [2.24, 2.45) is 4.99 Å². The monoisotopic (exact) mass is 384 g/mol. The molecule has 1 heterocycles. The molecule has 0 amide bonds. The van der Waals surface area contributed by atoms with E-state index < -0.39 is 0 Å². The maximum Gasteiger partial charge on any atom is 0.0699 e. The van der Waals surface area contributed by atoms with E-state index in [2.05, 4.69) is 53.7 Å². The van der Waals surface area contributed by atoms with Crippen molar-refractivity contribution < 1.29 is 0 Å². The van der Waals surface area contributed by atoms with Gasteiger partial charge in [-0.2, -0.15) is 0 Å². The number of nitrogens with one attached hydrogen (secondary N) is 1. The van der Waals surface area contributed by atoms with Gasteiger partial charge in [0.15, 0.2) is 0 Å². The Balaban J connectivity index is 1.57. The molecule has 150 valence electrons. The van der Waals surface area contributed by atoms with Crippen LogP contribution in [0.3, 0.4) is 0 Å². The van der Waals surface area contributed by atoms with Crippen molar-refractivity contribution in [1.82, 2.24) is 4.98 Å². The van der Waals surface area contributed by atoms with E-state index in [1.165, 1.54) is 97.5 Å². The van der Waals surface area contributed by atoms with E-state index in [4.69, 9.17) is 4.99 Å². The van der Waals surface area contributed by atoms with E-state index in [-0.39, 0.29) is 0 Å². The van der Waals surface area contributed by atoms with Crippen molar-refractivity contribution in [1.29, 1.82) is 0 Å². The molecule has 1 aromatic heterocycles. The van der Waals surface area contributed by atoms with Gasteiger partial charge >= 0.3 is 0 Å². The van der Waals surface area contributed by atoms with Crippen molar-refractivity contribution in [3.63, 3.8) is 0 Å². The molecule has 2 saturated carbocycles. The minimum absolute atomic E-state index is 0.681. The van der Waals surface area contributed by atoms with E-state index >= 15 is 0 Å².